The topological polar surface area (TPSA) is 0 Å². The highest BCUT2D eigenvalue weighted by Crippen LogP contribution is 2.28. The Morgan fingerprint density at radius 3 is 1.85 bits per heavy atom. The lowest BCUT2D eigenvalue weighted by Gasteiger charge is -2.17. The van der Waals surface area contributed by atoms with Crippen LogP contribution in [0, 0.1) is 5.82 Å². The summed E-state index contributed by atoms with van der Waals surface area (Å²) in [5, 5.41) is 1.39. The molecule has 0 amide bonds. The third-order valence-electron chi connectivity index (χ3n) is 4.86. The summed E-state index contributed by atoms with van der Waals surface area (Å²) in [7, 11) is -1.33. The standard InChI is InChI=1S/C24H27FSi/c1-5-6-18-7-9-19(10-8-18)21-13-16-23(24(25)17-21)20-11-14-22(15-12-20)26(2,3)4/h7-17H,5-6H2,1-4H3. The van der Waals surface area contributed by atoms with Crippen molar-refractivity contribution in [2.24, 2.45) is 0 Å². The molecule has 3 aromatic rings. The first-order chi connectivity index (χ1) is 12.4. The highest BCUT2D eigenvalue weighted by atomic mass is 28.3. The maximum atomic E-state index is 14.8. The zero-order valence-electron chi connectivity index (χ0n) is 16.1. The molecular weight excluding hydrogens is 335 g/mol. The van der Waals surface area contributed by atoms with E-state index in [1.807, 2.05) is 24.3 Å². The summed E-state index contributed by atoms with van der Waals surface area (Å²) in [5.41, 5.74) is 4.92. The van der Waals surface area contributed by atoms with Gasteiger partial charge in [-0.05, 0) is 34.7 Å². The minimum atomic E-state index is -1.33. The minimum Gasteiger partial charge on any atom is -0.206 e. The molecule has 0 heterocycles. The van der Waals surface area contributed by atoms with Crippen LogP contribution in [-0.2, 0) is 6.42 Å². The summed E-state index contributed by atoms with van der Waals surface area (Å²) in [6, 6.07) is 22.4. The molecule has 0 bridgehead atoms. The molecule has 0 atom stereocenters. The Morgan fingerprint density at radius 1 is 0.731 bits per heavy atom. The van der Waals surface area contributed by atoms with Gasteiger partial charge in [-0.1, -0.05) is 98.8 Å². The summed E-state index contributed by atoms with van der Waals surface area (Å²) >= 11 is 0. The van der Waals surface area contributed by atoms with Crippen molar-refractivity contribution in [2.45, 2.75) is 39.4 Å². The van der Waals surface area contributed by atoms with Crippen LogP contribution in [0.1, 0.15) is 18.9 Å². The Hall–Kier alpha value is -2.19. The van der Waals surface area contributed by atoms with Gasteiger partial charge in [0.05, 0.1) is 8.07 Å². The van der Waals surface area contributed by atoms with Crippen molar-refractivity contribution >= 4 is 13.3 Å². The van der Waals surface area contributed by atoms with E-state index in [2.05, 4.69) is 63.0 Å². The van der Waals surface area contributed by atoms with Crippen LogP contribution in [0.25, 0.3) is 22.3 Å². The molecule has 134 valence electrons. The lowest BCUT2D eigenvalue weighted by Crippen LogP contribution is -2.37. The van der Waals surface area contributed by atoms with Gasteiger partial charge in [0.25, 0.3) is 0 Å². The van der Waals surface area contributed by atoms with Crippen LogP contribution in [0.2, 0.25) is 19.6 Å². The molecule has 0 unspecified atom stereocenters. The number of aryl methyl sites for hydroxylation is 1. The van der Waals surface area contributed by atoms with E-state index in [0.29, 0.717) is 5.56 Å². The molecule has 3 aromatic carbocycles. The number of benzene rings is 3. The molecule has 26 heavy (non-hydrogen) atoms. The van der Waals surface area contributed by atoms with Gasteiger partial charge in [0, 0.05) is 5.56 Å². The third kappa shape index (κ3) is 4.13. The van der Waals surface area contributed by atoms with E-state index in [4.69, 9.17) is 0 Å². The molecule has 0 aromatic heterocycles. The molecule has 2 heteroatoms. The predicted octanol–water partition coefficient (Wildman–Crippen LogP) is 6.66. The first-order valence-corrected chi connectivity index (χ1v) is 12.9. The van der Waals surface area contributed by atoms with Crippen molar-refractivity contribution in [3.8, 4) is 22.3 Å². The Labute approximate surface area is 157 Å². The Kier molecular flexibility index (Phi) is 5.43. The van der Waals surface area contributed by atoms with Gasteiger partial charge in [0.15, 0.2) is 0 Å². The molecule has 0 aliphatic rings. The summed E-state index contributed by atoms with van der Waals surface area (Å²) in [6.45, 7) is 9.15. The highest BCUT2D eigenvalue weighted by Gasteiger charge is 2.16. The molecular formula is C24H27FSi. The van der Waals surface area contributed by atoms with E-state index in [-0.39, 0.29) is 5.82 Å². The predicted molar refractivity (Wildman–Crippen MR) is 114 cm³/mol. The minimum absolute atomic E-state index is 0.166. The molecule has 0 N–H and O–H groups in total. The lowest BCUT2D eigenvalue weighted by atomic mass is 9.98. The number of hydrogen-bond acceptors (Lipinski definition) is 0. The van der Waals surface area contributed by atoms with Gasteiger partial charge < -0.3 is 0 Å². The summed E-state index contributed by atoms with van der Waals surface area (Å²) in [5.74, 6) is -0.166. The Morgan fingerprint density at radius 2 is 1.31 bits per heavy atom. The molecule has 0 aliphatic heterocycles. The van der Waals surface area contributed by atoms with Crippen LogP contribution in [0.4, 0.5) is 4.39 Å². The van der Waals surface area contributed by atoms with E-state index < -0.39 is 8.07 Å². The third-order valence-corrected chi connectivity index (χ3v) is 6.92. The maximum Gasteiger partial charge on any atom is 0.131 e. The van der Waals surface area contributed by atoms with Crippen LogP contribution >= 0.6 is 0 Å². The molecule has 0 spiro atoms. The van der Waals surface area contributed by atoms with E-state index in [9.17, 15) is 4.39 Å². The van der Waals surface area contributed by atoms with E-state index in [1.165, 1.54) is 10.8 Å². The van der Waals surface area contributed by atoms with Crippen molar-refractivity contribution in [2.75, 3.05) is 0 Å². The van der Waals surface area contributed by atoms with Gasteiger partial charge in [0.1, 0.15) is 5.82 Å². The van der Waals surface area contributed by atoms with Crippen molar-refractivity contribution in [1.29, 1.82) is 0 Å². The highest BCUT2D eigenvalue weighted by molar-refractivity contribution is 6.88. The molecule has 0 saturated carbocycles. The van der Waals surface area contributed by atoms with Crippen LogP contribution in [0.5, 0.6) is 0 Å². The van der Waals surface area contributed by atoms with Crippen molar-refractivity contribution in [1.82, 2.24) is 0 Å². The average molecular weight is 363 g/mol. The fourth-order valence-corrected chi connectivity index (χ4v) is 4.40. The van der Waals surface area contributed by atoms with Crippen LogP contribution in [0.3, 0.4) is 0 Å². The molecule has 0 fully saturated rings. The van der Waals surface area contributed by atoms with Gasteiger partial charge in [-0.3, -0.25) is 0 Å². The molecule has 3 rings (SSSR count). The van der Waals surface area contributed by atoms with E-state index in [0.717, 1.165) is 29.5 Å². The van der Waals surface area contributed by atoms with Gasteiger partial charge in [-0.25, -0.2) is 4.39 Å². The monoisotopic (exact) mass is 362 g/mol. The fraction of sp³-hybridized carbons (Fsp3) is 0.250. The summed E-state index contributed by atoms with van der Waals surface area (Å²) in [4.78, 5) is 0. The SMILES string of the molecule is CCCc1ccc(-c2ccc(-c3ccc([Si](C)(C)C)cc3)c(F)c2)cc1. The molecule has 0 nitrogen and oxygen atoms in total. The first kappa shape index (κ1) is 18.6. The summed E-state index contributed by atoms with van der Waals surface area (Å²) in [6.07, 6.45) is 2.22. The number of halogens is 1. The largest absolute Gasteiger partial charge is 0.206 e. The van der Waals surface area contributed by atoms with E-state index in [1.54, 1.807) is 6.07 Å². The smallest absolute Gasteiger partial charge is 0.131 e. The molecule has 0 aliphatic carbocycles. The van der Waals surface area contributed by atoms with Gasteiger partial charge in [-0.15, -0.1) is 0 Å². The molecule has 0 radical (unpaired) electrons. The zero-order chi connectivity index (χ0) is 18.7. The van der Waals surface area contributed by atoms with Crippen LogP contribution in [0.15, 0.2) is 66.7 Å². The second-order valence-corrected chi connectivity index (χ2v) is 13.0. The zero-order valence-corrected chi connectivity index (χ0v) is 17.1. The number of rotatable bonds is 5. The number of hydrogen-bond donors (Lipinski definition) is 0. The van der Waals surface area contributed by atoms with E-state index >= 15 is 0 Å². The van der Waals surface area contributed by atoms with Crippen molar-refractivity contribution < 1.29 is 4.39 Å². The van der Waals surface area contributed by atoms with Crippen LogP contribution in [-0.4, -0.2) is 8.07 Å². The van der Waals surface area contributed by atoms with Gasteiger partial charge in [-0.2, -0.15) is 0 Å². The molecule has 0 saturated heterocycles. The van der Waals surface area contributed by atoms with Crippen LogP contribution < -0.4 is 5.19 Å². The fourth-order valence-electron chi connectivity index (χ4n) is 3.23. The second-order valence-electron chi connectivity index (χ2n) is 7.97. The first-order valence-electron chi connectivity index (χ1n) is 9.38. The quantitative estimate of drug-likeness (QED) is 0.445. The Bertz CT molecular complexity index is 872. The summed E-state index contributed by atoms with van der Waals surface area (Å²) < 4.78 is 14.8. The maximum absolute atomic E-state index is 14.8. The van der Waals surface area contributed by atoms with Gasteiger partial charge in [0.2, 0.25) is 0 Å². The van der Waals surface area contributed by atoms with Crippen molar-refractivity contribution in [3.05, 3.63) is 78.1 Å². The lowest BCUT2D eigenvalue weighted by molar-refractivity contribution is 0.632. The normalized spacial score (nSPS) is 11.6. The Balaban J connectivity index is 1.87. The van der Waals surface area contributed by atoms with Crippen molar-refractivity contribution in [3.63, 3.8) is 0 Å². The van der Waals surface area contributed by atoms with Gasteiger partial charge >= 0.3 is 0 Å². The average Bonchev–Trinajstić information content (AvgIpc) is 2.62. The second kappa shape index (κ2) is 7.59.